The zero-order chi connectivity index (χ0) is 19.6. The first kappa shape index (κ1) is 19.5. The molecule has 0 heterocycles. The summed E-state index contributed by atoms with van der Waals surface area (Å²) in [4.78, 5) is 14.7. The Hall–Kier alpha value is -3.27. The minimum absolute atomic E-state index is 0.00896. The molecule has 4 nitrogen and oxygen atoms in total. The summed E-state index contributed by atoms with van der Waals surface area (Å²) in [5.74, 6) is 0.862. The molecule has 1 amide bonds. The minimum Gasteiger partial charge on any atom is -0.496 e. The predicted molar refractivity (Wildman–Crippen MR) is 114 cm³/mol. The van der Waals surface area contributed by atoms with Gasteiger partial charge in [0, 0.05) is 18.8 Å². The van der Waals surface area contributed by atoms with E-state index in [0.29, 0.717) is 19.6 Å². The van der Waals surface area contributed by atoms with Crippen molar-refractivity contribution in [3.8, 4) is 5.75 Å². The first-order valence-corrected chi connectivity index (χ1v) is 9.49. The Balaban J connectivity index is 1.59. The Morgan fingerprint density at radius 1 is 0.893 bits per heavy atom. The van der Waals surface area contributed by atoms with E-state index in [2.05, 4.69) is 22.3 Å². The third-order valence-electron chi connectivity index (χ3n) is 4.58. The van der Waals surface area contributed by atoms with Gasteiger partial charge in [0.05, 0.1) is 13.7 Å². The smallest absolute Gasteiger partial charge is 0.239 e. The number of rotatable bonds is 9. The summed E-state index contributed by atoms with van der Waals surface area (Å²) >= 11 is 0. The van der Waals surface area contributed by atoms with Crippen LogP contribution in [-0.4, -0.2) is 26.1 Å². The van der Waals surface area contributed by atoms with Gasteiger partial charge in [-0.2, -0.15) is 0 Å². The summed E-state index contributed by atoms with van der Waals surface area (Å²) in [6.45, 7) is 1.57. The third-order valence-corrected chi connectivity index (χ3v) is 4.58. The third kappa shape index (κ3) is 5.61. The first-order valence-electron chi connectivity index (χ1n) is 9.49. The van der Waals surface area contributed by atoms with Crippen LogP contribution in [0.15, 0.2) is 84.9 Å². The summed E-state index contributed by atoms with van der Waals surface area (Å²) in [5.41, 5.74) is 3.30. The molecule has 0 saturated carbocycles. The molecule has 0 aliphatic heterocycles. The van der Waals surface area contributed by atoms with Gasteiger partial charge in [-0.1, -0.05) is 66.7 Å². The number of hydrogen-bond donors (Lipinski definition) is 1. The number of hydrogen-bond acceptors (Lipinski definition) is 3. The number of methoxy groups -OCH3 is 1. The van der Waals surface area contributed by atoms with Gasteiger partial charge in [-0.15, -0.1) is 0 Å². The van der Waals surface area contributed by atoms with Crippen molar-refractivity contribution in [2.24, 2.45) is 0 Å². The lowest BCUT2D eigenvalue weighted by molar-refractivity contribution is -0.119. The van der Waals surface area contributed by atoms with Crippen molar-refractivity contribution in [3.63, 3.8) is 0 Å². The molecule has 0 radical (unpaired) electrons. The quantitative estimate of drug-likeness (QED) is 0.614. The molecule has 0 saturated heterocycles. The van der Waals surface area contributed by atoms with Gasteiger partial charge in [-0.05, 0) is 35.7 Å². The van der Waals surface area contributed by atoms with Gasteiger partial charge in [0.1, 0.15) is 5.75 Å². The number of nitrogens with zero attached hydrogens (tertiary/aromatic N) is 1. The highest BCUT2D eigenvalue weighted by molar-refractivity contribution is 5.81. The molecular formula is C24H26N2O2. The largest absolute Gasteiger partial charge is 0.496 e. The molecule has 0 aromatic heterocycles. The molecule has 0 unspecified atom stereocenters. The molecule has 0 atom stereocenters. The van der Waals surface area contributed by atoms with Crippen molar-refractivity contribution < 1.29 is 9.53 Å². The van der Waals surface area contributed by atoms with Crippen LogP contribution in [-0.2, 0) is 17.8 Å². The van der Waals surface area contributed by atoms with E-state index in [1.54, 1.807) is 7.11 Å². The summed E-state index contributed by atoms with van der Waals surface area (Å²) in [5, 5.41) is 3.03. The fourth-order valence-corrected chi connectivity index (χ4v) is 3.16. The van der Waals surface area contributed by atoms with Gasteiger partial charge in [0.15, 0.2) is 0 Å². The normalized spacial score (nSPS) is 10.3. The topological polar surface area (TPSA) is 41.6 Å². The van der Waals surface area contributed by atoms with Crippen LogP contribution in [0.3, 0.4) is 0 Å². The fourth-order valence-electron chi connectivity index (χ4n) is 3.16. The van der Waals surface area contributed by atoms with Gasteiger partial charge in [-0.3, -0.25) is 4.79 Å². The number of carbonyl (C=O) groups excluding carboxylic acids is 1. The second-order valence-electron chi connectivity index (χ2n) is 6.59. The number of anilines is 1. The molecular weight excluding hydrogens is 348 g/mol. The maximum absolute atomic E-state index is 12.6. The summed E-state index contributed by atoms with van der Waals surface area (Å²) in [7, 11) is 1.67. The van der Waals surface area contributed by atoms with Crippen LogP contribution in [0.1, 0.15) is 11.1 Å². The Morgan fingerprint density at radius 3 is 2.25 bits per heavy atom. The number of nitrogens with one attached hydrogen (secondary N) is 1. The standard InChI is InChI=1S/C24H26N2O2/c1-28-23-15-9-8-12-21(23)16-17-25-24(27)19-26(22-13-6-3-7-14-22)18-20-10-4-2-5-11-20/h2-15H,16-19H2,1H3,(H,25,27). The van der Waals surface area contributed by atoms with E-state index >= 15 is 0 Å². The van der Waals surface area contributed by atoms with Crippen molar-refractivity contribution in [2.75, 3.05) is 25.1 Å². The van der Waals surface area contributed by atoms with E-state index in [4.69, 9.17) is 4.74 Å². The van der Waals surface area contributed by atoms with Crippen molar-refractivity contribution in [1.82, 2.24) is 5.32 Å². The van der Waals surface area contributed by atoms with Gasteiger partial charge in [0.25, 0.3) is 0 Å². The molecule has 0 aliphatic carbocycles. The van der Waals surface area contributed by atoms with Crippen molar-refractivity contribution in [3.05, 3.63) is 96.1 Å². The molecule has 1 N–H and O–H groups in total. The number of amides is 1. The summed E-state index contributed by atoms with van der Waals surface area (Å²) < 4.78 is 5.37. The molecule has 4 heteroatoms. The average molecular weight is 374 g/mol. The molecule has 0 spiro atoms. The predicted octanol–water partition coefficient (Wildman–Crippen LogP) is 4.06. The molecule has 0 fully saturated rings. The van der Waals surface area contributed by atoms with Gasteiger partial charge in [-0.25, -0.2) is 0 Å². The SMILES string of the molecule is COc1ccccc1CCNC(=O)CN(Cc1ccccc1)c1ccccc1. The van der Waals surface area contributed by atoms with Crippen LogP contribution >= 0.6 is 0 Å². The Labute approximate surface area is 166 Å². The number of carbonyl (C=O) groups is 1. The lowest BCUT2D eigenvalue weighted by Gasteiger charge is -2.24. The Kier molecular flexibility index (Phi) is 7.08. The van der Waals surface area contributed by atoms with Gasteiger partial charge in [0.2, 0.25) is 5.91 Å². The fraction of sp³-hybridized carbons (Fsp3) is 0.208. The zero-order valence-electron chi connectivity index (χ0n) is 16.2. The lowest BCUT2D eigenvalue weighted by atomic mass is 10.1. The zero-order valence-corrected chi connectivity index (χ0v) is 16.2. The van der Waals surface area contributed by atoms with Crippen LogP contribution in [0.5, 0.6) is 5.75 Å². The Bertz CT molecular complexity index is 866. The Morgan fingerprint density at radius 2 is 1.54 bits per heavy atom. The average Bonchev–Trinajstić information content (AvgIpc) is 2.75. The van der Waals surface area contributed by atoms with Crippen LogP contribution in [0.4, 0.5) is 5.69 Å². The molecule has 144 valence electrons. The summed E-state index contributed by atoms with van der Waals surface area (Å²) in [6.07, 6.45) is 0.736. The highest BCUT2D eigenvalue weighted by Gasteiger charge is 2.12. The minimum atomic E-state index is 0.00896. The van der Waals surface area contributed by atoms with E-state index in [-0.39, 0.29) is 5.91 Å². The molecule has 3 rings (SSSR count). The maximum Gasteiger partial charge on any atom is 0.239 e. The van der Waals surface area contributed by atoms with Crippen LogP contribution in [0, 0.1) is 0 Å². The molecule has 28 heavy (non-hydrogen) atoms. The second-order valence-corrected chi connectivity index (χ2v) is 6.59. The van der Waals surface area contributed by atoms with Gasteiger partial charge < -0.3 is 15.0 Å². The number of benzene rings is 3. The second kappa shape index (κ2) is 10.2. The van der Waals surface area contributed by atoms with Crippen LogP contribution in [0.2, 0.25) is 0 Å². The molecule has 0 bridgehead atoms. The highest BCUT2D eigenvalue weighted by atomic mass is 16.5. The maximum atomic E-state index is 12.6. The summed E-state index contributed by atoms with van der Waals surface area (Å²) in [6, 6.07) is 28.1. The molecule has 3 aromatic rings. The van der Waals surface area contributed by atoms with Crippen LogP contribution in [0.25, 0.3) is 0 Å². The van der Waals surface area contributed by atoms with Gasteiger partial charge >= 0.3 is 0 Å². The van der Waals surface area contributed by atoms with E-state index in [9.17, 15) is 4.79 Å². The molecule has 3 aromatic carbocycles. The van der Waals surface area contributed by atoms with E-state index in [0.717, 1.165) is 23.4 Å². The van der Waals surface area contributed by atoms with Crippen molar-refractivity contribution >= 4 is 11.6 Å². The lowest BCUT2D eigenvalue weighted by Crippen LogP contribution is -2.37. The van der Waals surface area contributed by atoms with Crippen molar-refractivity contribution in [2.45, 2.75) is 13.0 Å². The number of ether oxygens (including phenoxy) is 1. The van der Waals surface area contributed by atoms with E-state index in [1.165, 1.54) is 5.56 Å². The van der Waals surface area contributed by atoms with Crippen molar-refractivity contribution in [1.29, 1.82) is 0 Å². The highest BCUT2D eigenvalue weighted by Crippen LogP contribution is 2.18. The number of para-hydroxylation sites is 2. The first-order chi connectivity index (χ1) is 13.8. The molecule has 0 aliphatic rings. The monoisotopic (exact) mass is 374 g/mol. The van der Waals surface area contributed by atoms with Crippen LogP contribution < -0.4 is 15.0 Å². The van der Waals surface area contributed by atoms with E-state index in [1.807, 2.05) is 72.8 Å². The van der Waals surface area contributed by atoms with E-state index < -0.39 is 0 Å².